The quantitative estimate of drug-likeness (QED) is 0.251. The van der Waals surface area contributed by atoms with Gasteiger partial charge in [-0.05, 0) is 30.1 Å². The molecule has 138 valence electrons. The van der Waals surface area contributed by atoms with Gasteiger partial charge in [0, 0.05) is 6.08 Å². The third-order valence-electron chi connectivity index (χ3n) is 3.96. The van der Waals surface area contributed by atoms with Crippen molar-refractivity contribution in [1.82, 2.24) is 0 Å². The maximum absolute atomic E-state index is 11.2. The first-order chi connectivity index (χ1) is 12.6. The summed E-state index contributed by atoms with van der Waals surface area (Å²) in [4.78, 5) is 11.2. The molecule has 0 aliphatic heterocycles. The van der Waals surface area contributed by atoms with Crippen LogP contribution < -0.4 is 0 Å². The monoisotopic (exact) mass is 370 g/mol. The van der Waals surface area contributed by atoms with Crippen molar-refractivity contribution in [2.75, 3.05) is 6.61 Å². The van der Waals surface area contributed by atoms with Crippen LogP contribution in [0.15, 0.2) is 73.3 Å². The van der Waals surface area contributed by atoms with Gasteiger partial charge in [-0.25, -0.2) is 4.79 Å². The van der Waals surface area contributed by atoms with Gasteiger partial charge >= 0.3 is 14.5 Å². The Morgan fingerprint density at radius 3 is 1.92 bits per heavy atom. The topological polar surface area (TPSA) is 44.8 Å². The normalized spacial score (nSPS) is 11.1. The molecule has 0 unspecified atom stereocenters. The van der Waals surface area contributed by atoms with Crippen LogP contribution in [-0.4, -0.2) is 21.1 Å². The van der Waals surface area contributed by atoms with Crippen LogP contribution in [0, 0.1) is 0 Å². The van der Waals surface area contributed by atoms with Gasteiger partial charge < -0.3 is 13.6 Å². The van der Waals surface area contributed by atoms with E-state index in [1.807, 2.05) is 60.7 Å². The second-order valence-corrected chi connectivity index (χ2v) is 9.50. The lowest BCUT2D eigenvalue weighted by molar-refractivity contribution is -0.137. The molecule has 0 amide bonds. The highest BCUT2D eigenvalue weighted by atomic mass is 28.4. The first-order valence-electron chi connectivity index (χ1n) is 8.76. The third kappa shape index (κ3) is 7.35. The molecule has 0 aliphatic rings. The van der Waals surface area contributed by atoms with Crippen LogP contribution in [0.1, 0.15) is 17.5 Å². The summed E-state index contributed by atoms with van der Waals surface area (Å²) >= 11 is 0. The SMILES string of the molecule is C=CC(=O)OCCC[Si](C)(OCc1ccccc1)OCc1ccccc1. The maximum Gasteiger partial charge on any atom is 0.335 e. The minimum absolute atomic E-state index is 0.344. The number of benzene rings is 2. The van der Waals surface area contributed by atoms with Crippen molar-refractivity contribution in [3.8, 4) is 0 Å². The van der Waals surface area contributed by atoms with E-state index in [2.05, 4.69) is 13.1 Å². The summed E-state index contributed by atoms with van der Waals surface area (Å²) in [7, 11) is -2.41. The van der Waals surface area contributed by atoms with Gasteiger partial charge in [-0.1, -0.05) is 67.2 Å². The Labute approximate surface area is 156 Å². The van der Waals surface area contributed by atoms with E-state index >= 15 is 0 Å². The van der Waals surface area contributed by atoms with Gasteiger partial charge in [-0.2, -0.15) is 0 Å². The van der Waals surface area contributed by atoms with E-state index in [1.54, 1.807) is 0 Å². The van der Waals surface area contributed by atoms with E-state index in [-0.39, 0.29) is 0 Å². The van der Waals surface area contributed by atoms with Crippen molar-refractivity contribution in [2.24, 2.45) is 0 Å². The Balaban J connectivity index is 1.91. The summed E-state index contributed by atoms with van der Waals surface area (Å²) in [6.45, 7) is 6.84. The Bertz CT molecular complexity index is 629. The molecular formula is C21H26O4Si. The van der Waals surface area contributed by atoms with Crippen LogP contribution >= 0.6 is 0 Å². The predicted molar refractivity (Wildman–Crippen MR) is 105 cm³/mol. The van der Waals surface area contributed by atoms with Gasteiger partial charge in [-0.3, -0.25) is 0 Å². The van der Waals surface area contributed by atoms with E-state index in [4.69, 9.17) is 13.6 Å². The summed E-state index contributed by atoms with van der Waals surface area (Å²) in [5, 5.41) is 0. The Morgan fingerprint density at radius 2 is 1.46 bits per heavy atom. The van der Waals surface area contributed by atoms with Gasteiger partial charge in [0.2, 0.25) is 0 Å². The highest BCUT2D eigenvalue weighted by Gasteiger charge is 2.31. The molecule has 5 heteroatoms. The third-order valence-corrected chi connectivity index (χ3v) is 6.73. The second kappa shape index (κ2) is 10.7. The fourth-order valence-corrected chi connectivity index (χ4v) is 4.53. The number of ether oxygens (including phenoxy) is 1. The van der Waals surface area contributed by atoms with Crippen LogP contribution in [-0.2, 0) is 31.6 Å². The molecule has 0 saturated carbocycles. The van der Waals surface area contributed by atoms with Gasteiger partial charge in [0.1, 0.15) is 0 Å². The fraction of sp³-hybridized carbons (Fsp3) is 0.286. The van der Waals surface area contributed by atoms with Crippen molar-refractivity contribution in [3.05, 3.63) is 84.4 Å². The predicted octanol–water partition coefficient (Wildman–Crippen LogP) is 4.61. The number of carbonyl (C=O) groups is 1. The average molecular weight is 371 g/mol. The molecular weight excluding hydrogens is 344 g/mol. The van der Waals surface area contributed by atoms with E-state index in [1.165, 1.54) is 6.08 Å². The zero-order valence-electron chi connectivity index (χ0n) is 15.2. The largest absolute Gasteiger partial charge is 0.463 e. The second-order valence-electron chi connectivity index (χ2n) is 6.16. The summed E-state index contributed by atoms with van der Waals surface area (Å²) in [6, 6.07) is 20.9. The standard InChI is InChI=1S/C21H26O4Si/c1-3-21(22)23-15-10-16-26(2,24-17-19-11-6-4-7-12-19)25-18-20-13-8-5-9-14-20/h3-9,11-14H,1,10,15-18H2,2H3. The Hall–Kier alpha value is -2.21. The number of rotatable bonds is 11. The molecule has 26 heavy (non-hydrogen) atoms. The van der Waals surface area contributed by atoms with Crippen LogP contribution in [0.3, 0.4) is 0 Å². The van der Waals surface area contributed by atoms with Crippen molar-refractivity contribution >= 4 is 14.5 Å². The smallest absolute Gasteiger partial charge is 0.335 e. The van der Waals surface area contributed by atoms with Crippen molar-refractivity contribution < 1.29 is 18.4 Å². The van der Waals surface area contributed by atoms with Crippen LogP contribution in [0.5, 0.6) is 0 Å². The summed E-state index contributed by atoms with van der Waals surface area (Å²) in [5.74, 6) is -0.399. The first-order valence-corrected chi connectivity index (χ1v) is 11.3. The molecule has 0 bridgehead atoms. The van der Waals surface area contributed by atoms with Crippen molar-refractivity contribution in [1.29, 1.82) is 0 Å². The van der Waals surface area contributed by atoms with Crippen LogP contribution in [0.25, 0.3) is 0 Å². The lowest BCUT2D eigenvalue weighted by atomic mass is 10.2. The highest BCUT2D eigenvalue weighted by Crippen LogP contribution is 2.20. The van der Waals surface area contributed by atoms with E-state index in [0.717, 1.165) is 17.2 Å². The highest BCUT2D eigenvalue weighted by molar-refractivity contribution is 6.65. The molecule has 0 aliphatic carbocycles. The zero-order valence-corrected chi connectivity index (χ0v) is 16.2. The molecule has 0 N–H and O–H groups in total. The number of hydrogen-bond donors (Lipinski definition) is 0. The molecule has 4 nitrogen and oxygen atoms in total. The number of hydrogen-bond acceptors (Lipinski definition) is 4. The van der Waals surface area contributed by atoms with Gasteiger partial charge in [-0.15, -0.1) is 0 Å². The maximum atomic E-state index is 11.2. The number of esters is 1. The Kier molecular flexibility index (Phi) is 8.28. The van der Waals surface area contributed by atoms with Crippen molar-refractivity contribution in [3.63, 3.8) is 0 Å². The number of carbonyl (C=O) groups excluding carboxylic acids is 1. The minimum atomic E-state index is -2.41. The summed E-state index contributed by atoms with van der Waals surface area (Å²) in [5.41, 5.74) is 2.24. The van der Waals surface area contributed by atoms with Gasteiger partial charge in [0.05, 0.1) is 19.8 Å². The van der Waals surface area contributed by atoms with Crippen molar-refractivity contribution in [2.45, 2.75) is 32.2 Å². The zero-order chi connectivity index (χ0) is 18.7. The van der Waals surface area contributed by atoms with Gasteiger partial charge in [0.25, 0.3) is 0 Å². The molecule has 0 fully saturated rings. The molecule has 0 saturated heterocycles. The molecule has 0 atom stereocenters. The lowest BCUT2D eigenvalue weighted by Gasteiger charge is -2.27. The van der Waals surface area contributed by atoms with Crippen LogP contribution in [0.4, 0.5) is 0 Å². The minimum Gasteiger partial charge on any atom is -0.463 e. The molecule has 0 aromatic heterocycles. The van der Waals surface area contributed by atoms with E-state index < -0.39 is 14.5 Å². The fourth-order valence-electron chi connectivity index (χ4n) is 2.43. The Morgan fingerprint density at radius 1 is 0.962 bits per heavy atom. The van der Waals surface area contributed by atoms with E-state index in [0.29, 0.717) is 26.2 Å². The summed E-state index contributed by atoms with van der Waals surface area (Å²) in [6.07, 6.45) is 1.88. The molecule has 2 aromatic rings. The lowest BCUT2D eigenvalue weighted by Crippen LogP contribution is -2.38. The molecule has 0 heterocycles. The van der Waals surface area contributed by atoms with Gasteiger partial charge in [0.15, 0.2) is 0 Å². The molecule has 0 spiro atoms. The molecule has 0 radical (unpaired) electrons. The molecule has 2 rings (SSSR count). The molecule has 2 aromatic carbocycles. The first kappa shape index (κ1) is 20.1. The van der Waals surface area contributed by atoms with Crippen LogP contribution in [0.2, 0.25) is 12.6 Å². The summed E-state index contributed by atoms with van der Waals surface area (Å²) < 4.78 is 17.5. The van der Waals surface area contributed by atoms with E-state index in [9.17, 15) is 4.79 Å². The average Bonchev–Trinajstić information content (AvgIpc) is 2.70.